The van der Waals surface area contributed by atoms with Crippen LogP contribution in [0.1, 0.15) is 26.2 Å². The quantitative estimate of drug-likeness (QED) is 0.649. The molecule has 0 aromatic rings. The Morgan fingerprint density at radius 1 is 1.29 bits per heavy atom. The predicted molar refractivity (Wildman–Crippen MR) is 70.5 cm³/mol. The van der Waals surface area contributed by atoms with Gasteiger partial charge in [0.2, 0.25) is 0 Å². The molecule has 0 aromatic heterocycles. The molecule has 1 N–H and O–H groups in total. The van der Waals surface area contributed by atoms with E-state index in [-0.39, 0.29) is 0 Å². The van der Waals surface area contributed by atoms with E-state index in [1.54, 1.807) is 7.11 Å². The van der Waals surface area contributed by atoms with E-state index in [0.717, 1.165) is 26.2 Å². The molecule has 17 heavy (non-hydrogen) atoms. The van der Waals surface area contributed by atoms with Crippen LogP contribution in [0.5, 0.6) is 0 Å². The second kappa shape index (κ2) is 9.83. The maximum Gasteiger partial charge on any atom is 0.0700 e. The van der Waals surface area contributed by atoms with Gasteiger partial charge in [0.25, 0.3) is 0 Å². The fourth-order valence-electron chi connectivity index (χ4n) is 2.19. The summed E-state index contributed by atoms with van der Waals surface area (Å²) >= 11 is 0. The molecule has 1 saturated heterocycles. The Balaban J connectivity index is 2.04. The molecule has 0 bridgehead atoms. The molecule has 1 atom stereocenters. The summed E-state index contributed by atoms with van der Waals surface area (Å²) in [5.41, 5.74) is 0. The van der Waals surface area contributed by atoms with Gasteiger partial charge in [-0.05, 0) is 32.4 Å². The van der Waals surface area contributed by atoms with Crippen LogP contribution in [0.15, 0.2) is 0 Å². The molecular weight excluding hydrogens is 216 g/mol. The molecule has 1 aliphatic rings. The van der Waals surface area contributed by atoms with E-state index >= 15 is 0 Å². The second-order valence-corrected chi connectivity index (χ2v) is 4.67. The lowest BCUT2D eigenvalue weighted by Crippen LogP contribution is -2.37. The van der Waals surface area contributed by atoms with Crippen molar-refractivity contribution < 1.29 is 9.47 Å². The van der Waals surface area contributed by atoms with Gasteiger partial charge in [-0.3, -0.25) is 0 Å². The number of methoxy groups -OCH3 is 1. The highest BCUT2D eigenvalue weighted by molar-refractivity contribution is 4.75. The number of ether oxygens (including phenoxy) is 2. The van der Waals surface area contributed by atoms with Gasteiger partial charge in [-0.15, -0.1) is 0 Å². The van der Waals surface area contributed by atoms with E-state index in [1.807, 2.05) is 0 Å². The van der Waals surface area contributed by atoms with Crippen LogP contribution in [-0.2, 0) is 9.47 Å². The van der Waals surface area contributed by atoms with Gasteiger partial charge in [-0.2, -0.15) is 0 Å². The molecule has 4 heteroatoms. The average molecular weight is 244 g/mol. The average Bonchev–Trinajstić information content (AvgIpc) is 2.58. The third-order valence-corrected chi connectivity index (χ3v) is 3.25. The van der Waals surface area contributed by atoms with Crippen molar-refractivity contribution >= 4 is 0 Å². The lowest BCUT2D eigenvalue weighted by atomic mass is 10.2. The van der Waals surface area contributed by atoms with E-state index in [0.29, 0.717) is 12.6 Å². The molecule has 1 heterocycles. The monoisotopic (exact) mass is 244 g/mol. The van der Waals surface area contributed by atoms with Gasteiger partial charge in [0.1, 0.15) is 0 Å². The van der Waals surface area contributed by atoms with Gasteiger partial charge in [-0.25, -0.2) is 0 Å². The number of nitrogens with one attached hydrogen (secondary N) is 1. The number of rotatable bonds is 8. The molecule has 0 saturated carbocycles. The Morgan fingerprint density at radius 3 is 2.94 bits per heavy atom. The fourth-order valence-corrected chi connectivity index (χ4v) is 2.19. The van der Waals surface area contributed by atoms with E-state index in [1.165, 1.54) is 32.5 Å². The van der Waals surface area contributed by atoms with Gasteiger partial charge in [0.15, 0.2) is 0 Å². The minimum Gasteiger partial charge on any atom is -0.382 e. The molecular formula is C13H28N2O2. The smallest absolute Gasteiger partial charge is 0.0700 e. The van der Waals surface area contributed by atoms with E-state index in [4.69, 9.17) is 9.47 Å². The van der Waals surface area contributed by atoms with Crippen LogP contribution in [0.25, 0.3) is 0 Å². The van der Waals surface area contributed by atoms with Crippen molar-refractivity contribution in [2.75, 3.05) is 53.1 Å². The van der Waals surface area contributed by atoms with Crippen molar-refractivity contribution in [3.63, 3.8) is 0 Å². The Morgan fingerprint density at radius 2 is 2.18 bits per heavy atom. The van der Waals surface area contributed by atoms with Crippen molar-refractivity contribution in [3.8, 4) is 0 Å². The highest BCUT2D eigenvalue weighted by Crippen LogP contribution is 2.04. The zero-order valence-corrected chi connectivity index (χ0v) is 11.4. The molecule has 4 nitrogen and oxygen atoms in total. The van der Waals surface area contributed by atoms with Crippen LogP contribution < -0.4 is 5.32 Å². The van der Waals surface area contributed by atoms with E-state index in [2.05, 4.69) is 17.1 Å². The first-order valence-corrected chi connectivity index (χ1v) is 6.89. The largest absolute Gasteiger partial charge is 0.382 e. The van der Waals surface area contributed by atoms with E-state index in [9.17, 15) is 0 Å². The first-order valence-electron chi connectivity index (χ1n) is 6.89. The van der Waals surface area contributed by atoms with Crippen molar-refractivity contribution in [3.05, 3.63) is 0 Å². The SMILES string of the molecule is CCC1CN(CCCOCCOC)CCCN1. The molecule has 0 spiro atoms. The Labute approximate surface area is 106 Å². The normalized spacial score (nSPS) is 22.6. The summed E-state index contributed by atoms with van der Waals surface area (Å²) in [4.78, 5) is 2.56. The standard InChI is InChI=1S/C13H28N2O2/c1-3-13-12-15(7-4-6-14-13)8-5-9-17-11-10-16-2/h13-14H,3-12H2,1-2H3. The lowest BCUT2D eigenvalue weighted by molar-refractivity contribution is 0.0651. The van der Waals surface area contributed by atoms with Crippen LogP contribution in [-0.4, -0.2) is 64.1 Å². The molecule has 0 radical (unpaired) electrons. The maximum atomic E-state index is 5.48. The molecule has 102 valence electrons. The van der Waals surface area contributed by atoms with Crippen LogP contribution >= 0.6 is 0 Å². The summed E-state index contributed by atoms with van der Waals surface area (Å²) in [5.74, 6) is 0. The summed E-state index contributed by atoms with van der Waals surface area (Å²) in [7, 11) is 1.71. The van der Waals surface area contributed by atoms with Crippen LogP contribution in [0.3, 0.4) is 0 Å². The van der Waals surface area contributed by atoms with Crippen molar-refractivity contribution in [2.45, 2.75) is 32.2 Å². The molecule has 0 aromatic carbocycles. The third-order valence-electron chi connectivity index (χ3n) is 3.25. The molecule has 1 aliphatic heterocycles. The van der Waals surface area contributed by atoms with Crippen LogP contribution in [0, 0.1) is 0 Å². The molecule has 1 fully saturated rings. The highest BCUT2D eigenvalue weighted by atomic mass is 16.5. The Kier molecular flexibility index (Phi) is 8.61. The van der Waals surface area contributed by atoms with Crippen molar-refractivity contribution in [1.29, 1.82) is 0 Å². The molecule has 0 aliphatic carbocycles. The Bertz CT molecular complexity index is 179. The van der Waals surface area contributed by atoms with Gasteiger partial charge in [-0.1, -0.05) is 6.92 Å². The predicted octanol–water partition coefficient (Wildman–Crippen LogP) is 1.11. The zero-order chi connectivity index (χ0) is 12.3. The Hall–Kier alpha value is -0.160. The van der Waals surface area contributed by atoms with Gasteiger partial charge < -0.3 is 19.7 Å². The second-order valence-electron chi connectivity index (χ2n) is 4.67. The zero-order valence-electron chi connectivity index (χ0n) is 11.4. The van der Waals surface area contributed by atoms with Crippen LogP contribution in [0.4, 0.5) is 0 Å². The first-order chi connectivity index (χ1) is 8.36. The molecule has 1 unspecified atom stereocenters. The van der Waals surface area contributed by atoms with Gasteiger partial charge in [0, 0.05) is 32.8 Å². The minimum absolute atomic E-state index is 0.673. The lowest BCUT2D eigenvalue weighted by Gasteiger charge is -2.23. The summed E-state index contributed by atoms with van der Waals surface area (Å²) in [6, 6.07) is 0.673. The topological polar surface area (TPSA) is 33.7 Å². The fraction of sp³-hybridized carbons (Fsp3) is 1.00. The summed E-state index contributed by atoms with van der Waals surface area (Å²) < 4.78 is 10.4. The number of hydrogen-bond acceptors (Lipinski definition) is 4. The van der Waals surface area contributed by atoms with Gasteiger partial charge >= 0.3 is 0 Å². The summed E-state index contributed by atoms with van der Waals surface area (Å²) in [6.45, 7) is 9.26. The van der Waals surface area contributed by atoms with Crippen molar-refractivity contribution in [2.24, 2.45) is 0 Å². The summed E-state index contributed by atoms with van der Waals surface area (Å²) in [6.07, 6.45) is 3.61. The first kappa shape index (κ1) is 14.9. The summed E-state index contributed by atoms with van der Waals surface area (Å²) in [5, 5.41) is 3.59. The minimum atomic E-state index is 0.673. The number of hydrogen-bond donors (Lipinski definition) is 1. The molecule has 0 amide bonds. The number of nitrogens with zero attached hydrogens (tertiary/aromatic N) is 1. The van der Waals surface area contributed by atoms with Crippen LogP contribution in [0.2, 0.25) is 0 Å². The maximum absolute atomic E-state index is 5.48. The third kappa shape index (κ3) is 6.99. The van der Waals surface area contributed by atoms with Crippen molar-refractivity contribution in [1.82, 2.24) is 10.2 Å². The van der Waals surface area contributed by atoms with E-state index < -0.39 is 0 Å². The molecule has 1 rings (SSSR count). The van der Waals surface area contributed by atoms with Gasteiger partial charge in [0.05, 0.1) is 13.2 Å². The highest BCUT2D eigenvalue weighted by Gasteiger charge is 2.15.